The number of hydrazone groups is 1. The number of nitro groups is 1. The Morgan fingerprint density at radius 1 is 1.26 bits per heavy atom. The molecule has 118 valence electrons. The van der Waals surface area contributed by atoms with Crippen molar-refractivity contribution in [2.75, 3.05) is 0 Å². The molecule has 0 heterocycles. The first-order valence-corrected chi connectivity index (χ1v) is 7.17. The van der Waals surface area contributed by atoms with Gasteiger partial charge in [-0.05, 0) is 25.1 Å². The summed E-state index contributed by atoms with van der Waals surface area (Å²) in [4.78, 5) is 22.3. The molecule has 0 aromatic heterocycles. The standard InChI is InChI=1S/C15H11Cl2N3O3/c1-9-2-3-10(6-14(9)20(22)23)8-18-19-15(21)12-5-4-11(16)7-13(12)17/h2-8H,1H3,(H,19,21)/b18-8+. The third kappa shape index (κ3) is 4.28. The highest BCUT2D eigenvalue weighted by Crippen LogP contribution is 2.21. The van der Waals surface area contributed by atoms with Crippen molar-refractivity contribution in [1.29, 1.82) is 0 Å². The highest BCUT2D eigenvalue weighted by atomic mass is 35.5. The molecule has 0 aliphatic rings. The first-order chi connectivity index (χ1) is 10.9. The van der Waals surface area contributed by atoms with E-state index in [1.165, 1.54) is 30.5 Å². The van der Waals surface area contributed by atoms with Crippen LogP contribution in [0.5, 0.6) is 0 Å². The summed E-state index contributed by atoms with van der Waals surface area (Å²) < 4.78 is 0. The van der Waals surface area contributed by atoms with Crippen LogP contribution in [0.3, 0.4) is 0 Å². The van der Waals surface area contributed by atoms with E-state index >= 15 is 0 Å². The van der Waals surface area contributed by atoms with Gasteiger partial charge in [0.1, 0.15) is 0 Å². The maximum Gasteiger partial charge on any atom is 0.272 e. The number of hydrogen-bond donors (Lipinski definition) is 1. The topological polar surface area (TPSA) is 84.6 Å². The van der Waals surface area contributed by atoms with Crippen LogP contribution in [0.25, 0.3) is 0 Å². The number of nitro benzene ring substituents is 1. The second-order valence-corrected chi connectivity index (χ2v) is 5.47. The fraction of sp³-hybridized carbons (Fsp3) is 0.0667. The lowest BCUT2D eigenvalue weighted by Crippen LogP contribution is -2.18. The number of rotatable bonds is 4. The molecule has 2 rings (SSSR count). The van der Waals surface area contributed by atoms with Crippen molar-refractivity contribution >= 4 is 41.0 Å². The molecule has 0 saturated heterocycles. The number of halogens is 2. The zero-order valence-corrected chi connectivity index (χ0v) is 13.4. The zero-order valence-electron chi connectivity index (χ0n) is 11.9. The van der Waals surface area contributed by atoms with E-state index in [9.17, 15) is 14.9 Å². The van der Waals surface area contributed by atoms with Crippen molar-refractivity contribution in [2.45, 2.75) is 6.92 Å². The van der Waals surface area contributed by atoms with E-state index in [0.29, 0.717) is 16.1 Å². The SMILES string of the molecule is Cc1ccc(/C=N/NC(=O)c2ccc(Cl)cc2Cl)cc1[N+](=O)[O-]. The van der Waals surface area contributed by atoms with Crippen molar-refractivity contribution in [3.8, 4) is 0 Å². The maximum atomic E-state index is 11.9. The average Bonchev–Trinajstić information content (AvgIpc) is 2.48. The van der Waals surface area contributed by atoms with Gasteiger partial charge in [0.25, 0.3) is 11.6 Å². The lowest BCUT2D eigenvalue weighted by Gasteiger charge is -2.03. The second-order valence-electron chi connectivity index (χ2n) is 4.63. The summed E-state index contributed by atoms with van der Waals surface area (Å²) in [5, 5.41) is 15.3. The quantitative estimate of drug-likeness (QED) is 0.513. The molecule has 23 heavy (non-hydrogen) atoms. The summed E-state index contributed by atoms with van der Waals surface area (Å²) in [5.74, 6) is -0.510. The second kappa shape index (κ2) is 7.21. The monoisotopic (exact) mass is 351 g/mol. The lowest BCUT2D eigenvalue weighted by molar-refractivity contribution is -0.385. The molecule has 0 atom stereocenters. The van der Waals surface area contributed by atoms with Crippen LogP contribution in [-0.4, -0.2) is 17.0 Å². The number of hydrogen-bond acceptors (Lipinski definition) is 4. The molecule has 0 saturated carbocycles. The molecule has 0 aliphatic heterocycles. The van der Waals surface area contributed by atoms with Crippen molar-refractivity contribution in [3.63, 3.8) is 0 Å². The molecule has 0 unspecified atom stereocenters. The van der Waals surface area contributed by atoms with Crippen LogP contribution >= 0.6 is 23.2 Å². The highest BCUT2D eigenvalue weighted by molar-refractivity contribution is 6.36. The highest BCUT2D eigenvalue weighted by Gasteiger charge is 2.11. The molecule has 0 radical (unpaired) electrons. The Balaban J connectivity index is 2.11. The normalized spacial score (nSPS) is 10.7. The number of benzene rings is 2. The van der Waals surface area contributed by atoms with E-state index in [1.807, 2.05) is 0 Å². The summed E-state index contributed by atoms with van der Waals surface area (Å²) in [6.45, 7) is 1.64. The van der Waals surface area contributed by atoms with Crippen molar-refractivity contribution < 1.29 is 9.72 Å². The largest absolute Gasteiger partial charge is 0.272 e. The molecular weight excluding hydrogens is 341 g/mol. The minimum absolute atomic E-state index is 0.0129. The number of nitrogens with zero attached hydrogens (tertiary/aromatic N) is 2. The fourth-order valence-corrected chi connectivity index (χ4v) is 2.30. The molecule has 6 nitrogen and oxygen atoms in total. The molecular formula is C15H11Cl2N3O3. The Labute approximate surface area is 141 Å². The Morgan fingerprint density at radius 2 is 2.00 bits per heavy atom. The maximum absolute atomic E-state index is 11.9. The third-order valence-electron chi connectivity index (χ3n) is 2.99. The minimum atomic E-state index is -0.510. The molecule has 1 amide bonds. The van der Waals surface area contributed by atoms with Gasteiger partial charge in [-0.3, -0.25) is 14.9 Å². The molecule has 0 bridgehead atoms. The van der Waals surface area contributed by atoms with Gasteiger partial charge in [0, 0.05) is 22.2 Å². The Bertz CT molecular complexity index is 807. The van der Waals surface area contributed by atoms with Crippen LogP contribution in [0, 0.1) is 17.0 Å². The fourth-order valence-electron chi connectivity index (χ4n) is 1.80. The van der Waals surface area contributed by atoms with Gasteiger partial charge in [-0.25, -0.2) is 5.43 Å². The van der Waals surface area contributed by atoms with Crippen molar-refractivity contribution in [1.82, 2.24) is 5.43 Å². The van der Waals surface area contributed by atoms with Gasteiger partial charge in [0.2, 0.25) is 0 Å². The van der Waals surface area contributed by atoms with Crippen LogP contribution in [0.15, 0.2) is 41.5 Å². The molecule has 0 spiro atoms. The van der Waals surface area contributed by atoms with E-state index in [0.717, 1.165) is 0 Å². The van der Waals surface area contributed by atoms with Gasteiger partial charge in [-0.2, -0.15) is 5.10 Å². The zero-order chi connectivity index (χ0) is 17.0. The van der Waals surface area contributed by atoms with E-state index in [4.69, 9.17) is 23.2 Å². The van der Waals surface area contributed by atoms with Gasteiger partial charge in [-0.1, -0.05) is 35.3 Å². The van der Waals surface area contributed by atoms with Crippen molar-refractivity contribution in [2.24, 2.45) is 5.10 Å². The van der Waals surface area contributed by atoms with Gasteiger partial charge in [-0.15, -0.1) is 0 Å². The predicted octanol–water partition coefficient (Wildman–Crippen LogP) is 3.97. The van der Waals surface area contributed by atoms with Gasteiger partial charge in [0.15, 0.2) is 0 Å². The van der Waals surface area contributed by atoms with E-state index in [-0.39, 0.29) is 16.3 Å². The molecule has 2 aromatic rings. The third-order valence-corrected chi connectivity index (χ3v) is 3.53. The number of amides is 1. The summed E-state index contributed by atoms with van der Waals surface area (Å²) in [5.41, 5.74) is 3.55. The van der Waals surface area contributed by atoms with E-state index < -0.39 is 10.8 Å². The molecule has 0 fully saturated rings. The van der Waals surface area contributed by atoms with Crippen LogP contribution in [0.2, 0.25) is 10.0 Å². The van der Waals surface area contributed by atoms with E-state index in [1.54, 1.807) is 19.1 Å². The summed E-state index contributed by atoms with van der Waals surface area (Å²) in [6.07, 6.45) is 1.31. The molecule has 2 aromatic carbocycles. The van der Waals surface area contributed by atoms with Crippen LogP contribution < -0.4 is 5.43 Å². The van der Waals surface area contributed by atoms with Crippen molar-refractivity contribution in [3.05, 3.63) is 73.2 Å². The van der Waals surface area contributed by atoms with Gasteiger partial charge in [0.05, 0.1) is 21.7 Å². The number of nitrogens with one attached hydrogen (secondary N) is 1. The first kappa shape index (κ1) is 16.9. The van der Waals surface area contributed by atoms with E-state index in [2.05, 4.69) is 10.5 Å². The lowest BCUT2D eigenvalue weighted by atomic mass is 10.1. The minimum Gasteiger partial charge on any atom is -0.267 e. The van der Waals surface area contributed by atoms with Gasteiger partial charge < -0.3 is 0 Å². The number of carbonyl (C=O) groups is 1. The smallest absolute Gasteiger partial charge is 0.267 e. The van der Waals surface area contributed by atoms with Crippen LogP contribution in [0.4, 0.5) is 5.69 Å². The average molecular weight is 352 g/mol. The summed E-state index contributed by atoms with van der Waals surface area (Å²) in [6, 6.07) is 9.11. The first-order valence-electron chi connectivity index (χ1n) is 6.42. The number of aryl methyl sites for hydroxylation is 1. The molecule has 1 N–H and O–H groups in total. The van der Waals surface area contributed by atoms with Gasteiger partial charge >= 0.3 is 0 Å². The van der Waals surface area contributed by atoms with Crippen LogP contribution in [0.1, 0.15) is 21.5 Å². The number of carbonyl (C=O) groups excluding carboxylic acids is 1. The Hall–Kier alpha value is -2.44. The molecule has 0 aliphatic carbocycles. The summed E-state index contributed by atoms with van der Waals surface area (Å²) in [7, 11) is 0. The molecule has 8 heteroatoms. The Morgan fingerprint density at radius 3 is 2.65 bits per heavy atom. The predicted molar refractivity (Wildman–Crippen MR) is 89.4 cm³/mol. The summed E-state index contributed by atoms with van der Waals surface area (Å²) >= 11 is 11.7. The Kier molecular flexibility index (Phi) is 5.31. The van der Waals surface area contributed by atoms with Crippen LogP contribution in [-0.2, 0) is 0 Å².